The van der Waals surface area contributed by atoms with Gasteiger partial charge < -0.3 is 14.6 Å². The molecule has 4 atom stereocenters. The molecule has 1 aliphatic rings. The van der Waals surface area contributed by atoms with Gasteiger partial charge in [0.2, 0.25) is 0 Å². The lowest BCUT2D eigenvalue weighted by molar-refractivity contribution is -0.150. The van der Waals surface area contributed by atoms with Crippen LogP contribution in [0.5, 0.6) is 0 Å². The van der Waals surface area contributed by atoms with Crippen molar-refractivity contribution in [2.24, 2.45) is 0 Å². The third-order valence-electron chi connectivity index (χ3n) is 2.01. The number of aliphatic hydroxyl groups excluding tert-OH is 1. The Morgan fingerprint density at radius 2 is 2.25 bits per heavy atom. The smallest absolute Gasteiger partial charge is 0.303 e. The van der Waals surface area contributed by atoms with Crippen molar-refractivity contribution in [1.29, 1.82) is 0 Å². The fourth-order valence-electron chi connectivity index (χ4n) is 1.40. The molecule has 1 fully saturated rings. The number of ether oxygens (including phenoxy) is 2. The molecule has 0 bridgehead atoms. The van der Waals surface area contributed by atoms with Gasteiger partial charge in [-0.15, -0.1) is 0 Å². The highest BCUT2D eigenvalue weighted by Crippen LogP contribution is 2.21. The Hall–Kier alpha value is -0.545. The molecule has 5 heteroatoms. The first-order chi connectivity index (χ1) is 5.52. The van der Waals surface area contributed by atoms with Crippen molar-refractivity contribution < 1.29 is 19.4 Å². The van der Waals surface area contributed by atoms with Crippen LogP contribution >= 0.6 is 0 Å². The van der Waals surface area contributed by atoms with Gasteiger partial charge in [0.15, 0.2) is 0 Å². The van der Waals surface area contributed by atoms with Gasteiger partial charge in [-0.2, -0.15) is 0 Å². The van der Waals surface area contributed by atoms with Crippen LogP contribution in [-0.2, 0) is 14.3 Å². The molecule has 1 heterocycles. The largest absolute Gasteiger partial charge is 0.458 e. The summed E-state index contributed by atoms with van der Waals surface area (Å²) in [6.07, 6.45) is -1.48. The van der Waals surface area contributed by atoms with Gasteiger partial charge >= 0.3 is 5.97 Å². The normalized spacial score (nSPS) is 41.2. The summed E-state index contributed by atoms with van der Waals surface area (Å²) in [5.74, 6) is -0.386. The maximum Gasteiger partial charge on any atom is 0.303 e. The van der Waals surface area contributed by atoms with E-state index in [1.807, 2.05) is 0 Å². The van der Waals surface area contributed by atoms with Crippen LogP contribution < -0.4 is 0 Å². The maximum absolute atomic E-state index is 10.6. The Bertz CT molecular complexity index is 184. The Kier molecular flexibility index (Phi) is 2.74. The van der Waals surface area contributed by atoms with Crippen molar-refractivity contribution in [3.8, 4) is 0 Å². The second-order valence-corrected chi connectivity index (χ2v) is 3.11. The third-order valence-corrected chi connectivity index (χ3v) is 2.01. The first kappa shape index (κ1) is 9.54. The molecular weight excluding hydrogens is 159 g/mol. The summed E-state index contributed by atoms with van der Waals surface area (Å²) in [6, 6.07) is -0.223. The van der Waals surface area contributed by atoms with Gasteiger partial charge in [0.05, 0.1) is 12.1 Å². The van der Waals surface area contributed by atoms with Gasteiger partial charge in [0, 0.05) is 6.92 Å². The van der Waals surface area contributed by atoms with E-state index in [4.69, 9.17) is 9.47 Å². The van der Waals surface area contributed by atoms with Crippen LogP contribution in [0.3, 0.4) is 0 Å². The second kappa shape index (κ2) is 3.45. The molecule has 0 aliphatic carbocycles. The topological polar surface area (TPSA) is 55.8 Å². The lowest BCUT2D eigenvalue weighted by Crippen LogP contribution is -2.36. The zero-order valence-electron chi connectivity index (χ0n) is 7.48. The van der Waals surface area contributed by atoms with Gasteiger partial charge in [-0.05, 0) is 6.92 Å². The quantitative estimate of drug-likeness (QED) is 0.392. The minimum atomic E-state index is -0.705. The van der Waals surface area contributed by atoms with Crippen molar-refractivity contribution in [3.63, 3.8) is 0 Å². The van der Waals surface area contributed by atoms with E-state index in [9.17, 15) is 9.90 Å². The number of esters is 1. The van der Waals surface area contributed by atoms with Crippen molar-refractivity contribution in [2.75, 3.05) is 0 Å². The molecular formula is C7H13BO4. The molecule has 0 radical (unpaired) electrons. The standard InChI is InChI=1S/C7H13BO4/c1-3-5(10)6(7(8)11-3)12-4(2)9/h3,5-7,10H,8H2,1-2H3/t3-,5-,6+,7-/m1/s1. The lowest BCUT2D eigenvalue weighted by atomic mass is 9.93. The van der Waals surface area contributed by atoms with Gasteiger partial charge in [-0.25, -0.2) is 0 Å². The average Bonchev–Trinajstić information content (AvgIpc) is 2.16. The summed E-state index contributed by atoms with van der Waals surface area (Å²) >= 11 is 0. The lowest BCUT2D eigenvalue weighted by Gasteiger charge is -2.16. The third kappa shape index (κ3) is 1.79. The molecule has 0 unspecified atom stereocenters. The van der Waals surface area contributed by atoms with E-state index in [2.05, 4.69) is 0 Å². The number of rotatable bonds is 1. The van der Waals surface area contributed by atoms with Crippen LogP contribution in [0.15, 0.2) is 0 Å². The maximum atomic E-state index is 10.6. The molecule has 0 saturated carbocycles. The number of hydrogen-bond donors (Lipinski definition) is 1. The minimum absolute atomic E-state index is 0.223. The number of aliphatic hydroxyl groups is 1. The molecule has 1 N–H and O–H groups in total. The van der Waals surface area contributed by atoms with Gasteiger partial charge in [-0.3, -0.25) is 4.79 Å². The van der Waals surface area contributed by atoms with E-state index >= 15 is 0 Å². The van der Waals surface area contributed by atoms with Crippen LogP contribution in [0.4, 0.5) is 0 Å². The first-order valence-corrected chi connectivity index (χ1v) is 4.03. The van der Waals surface area contributed by atoms with Crippen molar-refractivity contribution in [1.82, 2.24) is 0 Å². The molecule has 0 amide bonds. The first-order valence-electron chi connectivity index (χ1n) is 4.03. The second-order valence-electron chi connectivity index (χ2n) is 3.11. The zero-order valence-corrected chi connectivity index (χ0v) is 7.48. The van der Waals surface area contributed by atoms with Gasteiger partial charge in [-0.1, -0.05) is 0 Å². The van der Waals surface area contributed by atoms with Crippen molar-refractivity contribution in [2.45, 2.75) is 38.2 Å². The van der Waals surface area contributed by atoms with E-state index in [0.29, 0.717) is 0 Å². The predicted molar refractivity (Wildman–Crippen MR) is 44.4 cm³/mol. The molecule has 12 heavy (non-hydrogen) atoms. The molecule has 1 rings (SSSR count). The zero-order chi connectivity index (χ0) is 9.30. The molecule has 1 saturated heterocycles. The molecule has 0 aromatic rings. The molecule has 0 spiro atoms. The summed E-state index contributed by atoms with van der Waals surface area (Å²) in [7, 11) is 1.78. The van der Waals surface area contributed by atoms with Crippen LogP contribution in [-0.4, -0.2) is 43.2 Å². The Balaban J connectivity index is 2.57. The fourth-order valence-corrected chi connectivity index (χ4v) is 1.40. The highest BCUT2D eigenvalue weighted by atomic mass is 16.6. The molecule has 0 aromatic heterocycles. The summed E-state index contributed by atoms with van der Waals surface area (Å²) in [5, 5.41) is 9.47. The number of carbonyl (C=O) groups excluding carboxylic acids is 1. The van der Waals surface area contributed by atoms with Crippen LogP contribution in [0.25, 0.3) is 0 Å². The highest BCUT2D eigenvalue weighted by molar-refractivity contribution is 6.11. The average molecular weight is 172 g/mol. The molecule has 0 aromatic carbocycles. The van der Waals surface area contributed by atoms with E-state index in [0.717, 1.165) is 0 Å². The van der Waals surface area contributed by atoms with Crippen LogP contribution in [0.1, 0.15) is 13.8 Å². The van der Waals surface area contributed by atoms with E-state index < -0.39 is 12.2 Å². The molecule has 4 nitrogen and oxygen atoms in total. The molecule has 68 valence electrons. The fraction of sp³-hybridized carbons (Fsp3) is 0.857. The van der Waals surface area contributed by atoms with E-state index in [-0.39, 0.29) is 18.1 Å². The summed E-state index contributed by atoms with van der Waals surface area (Å²) in [5.41, 5.74) is 0. The Morgan fingerprint density at radius 3 is 2.58 bits per heavy atom. The number of carbonyl (C=O) groups is 1. The monoisotopic (exact) mass is 172 g/mol. The molecule has 1 aliphatic heterocycles. The minimum Gasteiger partial charge on any atom is -0.458 e. The summed E-state index contributed by atoms with van der Waals surface area (Å²) in [6.45, 7) is 3.08. The summed E-state index contributed by atoms with van der Waals surface area (Å²) < 4.78 is 10.2. The van der Waals surface area contributed by atoms with Gasteiger partial charge in [0.1, 0.15) is 20.1 Å². The van der Waals surface area contributed by atoms with Crippen molar-refractivity contribution in [3.05, 3.63) is 0 Å². The number of hydrogen-bond acceptors (Lipinski definition) is 4. The Labute approximate surface area is 72.3 Å². The summed E-state index contributed by atoms with van der Waals surface area (Å²) in [4.78, 5) is 10.6. The van der Waals surface area contributed by atoms with E-state index in [1.54, 1.807) is 14.8 Å². The highest BCUT2D eigenvalue weighted by Gasteiger charge is 2.40. The van der Waals surface area contributed by atoms with Crippen molar-refractivity contribution >= 4 is 13.8 Å². The van der Waals surface area contributed by atoms with Crippen LogP contribution in [0.2, 0.25) is 0 Å². The van der Waals surface area contributed by atoms with Crippen LogP contribution in [0, 0.1) is 0 Å². The SMILES string of the molecule is B[C@@H]1O[C@H](C)[C@@H](O)[C@@H]1OC(C)=O. The van der Waals surface area contributed by atoms with E-state index in [1.165, 1.54) is 6.92 Å². The predicted octanol–water partition coefficient (Wildman–Crippen LogP) is -1.34. The Morgan fingerprint density at radius 1 is 1.67 bits per heavy atom. The van der Waals surface area contributed by atoms with Gasteiger partial charge in [0.25, 0.3) is 0 Å².